The van der Waals surface area contributed by atoms with Crippen molar-refractivity contribution in [3.05, 3.63) is 40.4 Å². The molecule has 1 aromatic carbocycles. The van der Waals surface area contributed by atoms with Crippen LogP contribution in [0.3, 0.4) is 0 Å². The largest absolute Gasteiger partial charge is 0.497 e. The number of benzene rings is 1. The first-order valence-corrected chi connectivity index (χ1v) is 6.00. The summed E-state index contributed by atoms with van der Waals surface area (Å²) >= 11 is 0. The van der Waals surface area contributed by atoms with Crippen molar-refractivity contribution in [1.29, 1.82) is 0 Å². The van der Waals surface area contributed by atoms with E-state index in [1.54, 1.807) is 20.3 Å². The second-order valence-electron chi connectivity index (χ2n) is 3.98. The SMILES string of the molecule is CCc1c(-c2ccc(OC)cc2OC)nc[nH]c1=O. The predicted molar refractivity (Wildman–Crippen MR) is 72.8 cm³/mol. The van der Waals surface area contributed by atoms with Gasteiger partial charge in [0, 0.05) is 17.2 Å². The van der Waals surface area contributed by atoms with Crippen molar-refractivity contribution in [3.63, 3.8) is 0 Å². The van der Waals surface area contributed by atoms with Gasteiger partial charge in [-0.25, -0.2) is 4.98 Å². The number of aromatic nitrogens is 2. The first kappa shape index (κ1) is 13.1. The van der Waals surface area contributed by atoms with Gasteiger partial charge in [0.1, 0.15) is 11.5 Å². The molecule has 0 radical (unpaired) electrons. The number of ether oxygens (including phenoxy) is 2. The van der Waals surface area contributed by atoms with E-state index in [0.29, 0.717) is 29.2 Å². The predicted octanol–water partition coefficient (Wildman–Crippen LogP) is 2.02. The maximum atomic E-state index is 11.8. The molecule has 0 aliphatic heterocycles. The molecule has 0 atom stereocenters. The standard InChI is InChI=1S/C14H16N2O3/c1-4-10-13(15-8-16-14(10)17)11-6-5-9(18-2)7-12(11)19-3/h5-8H,4H2,1-3H3,(H,15,16,17). The van der Waals surface area contributed by atoms with Crippen LogP contribution in [0.2, 0.25) is 0 Å². The Kier molecular flexibility index (Phi) is 3.85. The topological polar surface area (TPSA) is 64.2 Å². The fraction of sp³-hybridized carbons (Fsp3) is 0.286. The summed E-state index contributed by atoms with van der Waals surface area (Å²) in [5.74, 6) is 1.33. The van der Waals surface area contributed by atoms with Crippen LogP contribution in [0.4, 0.5) is 0 Å². The first-order valence-electron chi connectivity index (χ1n) is 6.00. The Labute approximate surface area is 111 Å². The number of hydrogen-bond acceptors (Lipinski definition) is 4. The van der Waals surface area contributed by atoms with Crippen LogP contribution >= 0.6 is 0 Å². The highest BCUT2D eigenvalue weighted by Gasteiger charge is 2.14. The van der Waals surface area contributed by atoms with E-state index in [0.717, 1.165) is 5.56 Å². The van der Waals surface area contributed by atoms with E-state index in [1.165, 1.54) is 6.33 Å². The van der Waals surface area contributed by atoms with Crippen molar-refractivity contribution in [2.75, 3.05) is 14.2 Å². The lowest BCUT2D eigenvalue weighted by Crippen LogP contribution is -2.14. The molecule has 1 N–H and O–H groups in total. The summed E-state index contributed by atoms with van der Waals surface area (Å²) in [6.07, 6.45) is 2.01. The Balaban J connectivity index is 2.65. The molecule has 0 amide bonds. The maximum absolute atomic E-state index is 11.8. The Morgan fingerprint density at radius 2 is 2.05 bits per heavy atom. The number of nitrogens with one attached hydrogen (secondary N) is 1. The molecule has 0 bridgehead atoms. The van der Waals surface area contributed by atoms with Gasteiger partial charge in [-0.1, -0.05) is 6.92 Å². The van der Waals surface area contributed by atoms with Gasteiger partial charge in [-0.15, -0.1) is 0 Å². The lowest BCUT2D eigenvalue weighted by atomic mass is 10.0. The van der Waals surface area contributed by atoms with Crippen molar-refractivity contribution in [3.8, 4) is 22.8 Å². The summed E-state index contributed by atoms with van der Waals surface area (Å²) in [5, 5.41) is 0. The fourth-order valence-corrected chi connectivity index (χ4v) is 1.98. The van der Waals surface area contributed by atoms with Gasteiger partial charge in [0.15, 0.2) is 0 Å². The van der Waals surface area contributed by atoms with Crippen LogP contribution in [-0.2, 0) is 6.42 Å². The van der Waals surface area contributed by atoms with Crippen LogP contribution in [0.5, 0.6) is 11.5 Å². The molecule has 1 heterocycles. The quantitative estimate of drug-likeness (QED) is 0.913. The van der Waals surface area contributed by atoms with Gasteiger partial charge in [-0.05, 0) is 18.6 Å². The molecule has 0 aliphatic rings. The number of rotatable bonds is 4. The third-order valence-electron chi connectivity index (χ3n) is 2.97. The van der Waals surface area contributed by atoms with Gasteiger partial charge >= 0.3 is 0 Å². The zero-order valence-electron chi connectivity index (χ0n) is 11.2. The highest BCUT2D eigenvalue weighted by atomic mass is 16.5. The highest BCUT2D eigenvalue weighted by molar-refractivity contribution is 5.70. The second-order valence-corrected chi connectivity index (χ2v) is 3.98. The van der Waals surface area contributed by atoms with Crippen LogP contribution < -0.4 is 15.0 Å². The van der Waals surface area contributed by atoms with Crippen LogP contribution in [0.15, 0.2) is 29.3 Å². The van der Waals surface area contributed by atoms with Crippen molar-refractivity contribution in [2.24, 2.45) is 0 Å². The third kappa shape index (κ3) is 2.45. The van der Waals surface area contributed by atoms with Crippen LogP contribution in [0, 0.1) is 0 Å². The molecule has 2 aromatic rings. The van der Waals surface area contributed by atoms with Gasteiger partial charge in [0.25, 0.3) is 5.56 Å². The number of methoxy groups -OCH3 is 2. The van der Waals surface area contributed by atoms with E-state index in [4.69, 9.17) is 9.47 Å². The highest BCUT2D eigenvalue weighted by Crippen LogP contribution is 2.32. The molecule has 1 aromatic heterocycles. The van der Waals surface area contributed by atoms with Crippen molar-refractivity contribution >= 4 is 0 Å². The van der Waals surface area contributed by atoms with Crippen molar-refractivity contribution < 1.29 is 9.47 Å². The monoisotopic (exact) mass is 260 g/mol. The smallest absolute Gasteiger partial charge is 0.254 e. The molecule has 0 saturated carbocycles. The summed E-state index contributed by atoms with van der Waals surface area (Å²) in [5.41, 5.74) is 1.95. The number of aromatic amines is 1. The van der Waals surface area contributed by atoms with Crippen LogP contribution in [0.25, 0.3) is 11.3 Å². The van der Waals surface area contributed by atoms with Gasteiger partial charge in [-0.3, -0.25) is 4.79 Å². The van der Waals surface area contributed by atoms with E-state index >= 15 is 0 Å². The Morgan fingerprint density at radius 3 is 2.68 bits per heavy atom. The average Bonchev–Trinajstić information content (AvgIpc) is 2.46. The normalized spacial score (nSPS) is 10.3. The van der Waals surface area contributed by atoms with Gasteiger partial charge < -0.3 is 14.5 Å². The first-order chi connectivity index (χ1) is 9.21. The maximum Gasteiger partial charge on any atom is 0.254 e. The van der Waals surface area contributed by atoms with Crippen molar-refractivity contribution in [2.45, 2.75) is 13.3 Å². The fourth-order valence-electron chi connectivity index (χ4n) is 1.98. The Bertz CT molecular complexity index is 635. The minimum Gasteiger partial charge on any atom is -0.497 e. The molecular formula is C14H16N2O3. The van der Waals surface area contributed by atoms with Crippen LogP contribution in [0.1, 0.15) is 12.5 Å². The lowest BCUT2D eigenvalue weighted by Gasteiger charge is -2.11. The van der Waals surface area contributed by atoms with Gasteiger partial charge in [0.05, 0.1) is 26.2 Å². The molecule has 2 rings (SSSR count). The molecule has 0 unspecified atom stereocenters. The van der Waals surface area contributed by atoms with E-state index in [1.807, 2.05) is 19.1 Å². The molecule has 0 aliphatic carbocycles. The summed E-state index contributed by atoms with van der Waals surface area (Å²) < 4.78 is 10.5. The zero-order chi connectivity index (χ0) is 13.8. The second kappa shape index (κ2) is 5.56. The molecule has 0 saturated heterocycles. The number of H-pyrrole nitrogens is 1. The Morgan fingerprint density at radius 1 is 1.26 bits per heavy atom. The molecule has 100 valence electrons. The summed E-state index contributed by atoms with van der Waals surface area (Å²) in [4.78, 5) is 18.7. The summed E-state index contributed by atoms with van der Waals surface area (Å²) in [6, 6.07) is 5.44. The van der Waals surface area contributed by atoms with E-state index in [-0.39, 0.29) is 5.56 Å². The van der Waals surface area contributed by atoms with E-state index in [9.17, 15) is 4.79 Å². The summed E-state index contributed by atoms with van der Waals surface area (Å²) in [7, 11) is 3.18. The lowest BCUT2D eigenvalue weighted by molar-refractivity contribution is 0.395. The summed E-state index contributed by atoms with van der Waals surface area (Å²) in [6.45, 7) is 1.92. The molecule has 0 fully saturated rings. The number of nitrogens with zero attached hydrogens (tertiary/aromatic N) is 1. The third-order valence-corrected chi connectivity index (χ3v) is 2.97. The van der Waals surface area contributed by atoms with E-state index < -0.39 is 0 Å². The van der Waals surface area contributed by atoms with Gasteiger partial charge in [0.2, 0.25) is 0 Å². The van der Waals surface area contributed by atoms with Gasteiger partial charge in [-0.2, -0.15) is 0 Å². The molecule has 19 heavy (non-hydrogen) atoms. The molecular weight excluding hydrogens is 244 g/mol. The molecule has 5 heteroatoms. The minimum absolute atomic E-state index is 0.120. The zero-order valence-corrected chi connectivity index (χ0v) is 11.2. The van der Waals surface area contributed by atoms with Crippen molar-refractivity contribution in [1.82, 2.24) is 9.97 Å². The van der Waals surface area contributed by atoms with E-state index in [2.05, 4.69) is 9.97 Å². The number of hydrogen-bond donors (Lipinski definition) is 1. The molecule has 0 spiro atoms. The average molecular weight is 260 g/mol. The Hall–Kier alpha value is -2.30. The molecule has 5 nitrogen and oxygen atoms in total. The van der Waals surface area contributed by atoms with Crippen LogP contribution in [-0.4, -0.2) is 24.2 Å². The minimum atomic E-state index is -0.120.